The number of piperidine rings is 1. The van der Waals surface area contributed by atoms with Crippen LogP contribution in [0.4, 0.5) is 5.69 Å². The molecule has 110 valence electrons. The van der Waals surface area contributed by atoms with Gasteiger partial charge in [-0.1, -0.05) is 12.1 Å². The molecular weight excluding hydrogens is 250 g/mol. The number of anilines is 1. The molecule has 2 rings (SSSR count). The van der Waals surface area contributed by atoms with E-state index in [0.29, 0.717) is 12.5 Å². The second-order valence-electron chi connectivity index (χ2n) is 5.69. The Balaban J connectivity index is 1.92. The van der Waals surface area contributed by atoms with Crippen LogP contribution in [0.25, 0.3) is 0 Å². The van der Waals surface area contributed by atoms with Crippen LogP contribution in [0.5, 0.6) is 0 Å². The minimum absolute atomic E-state index is 0.0700. The number of nitrogens with two attached hydrogens (primary N) is 1. The zero-order valence-electron chi connectivity index (χ0n) is 12.5. The molecule has 1 heterocycles. The van der Waals surface area contributed by atoms with E-state index in [2.05, 4.69) is 35.3 Å². The molecule has 1 saturated heterocycles. The Hall–Kier alpha value is -1.55. The number of nitrogens with zero attached hydrogens (tertiary/aromatic N) is 1. The molecule has 0 spiro atoms. The van der Waals surface area contributed by atoms with Gasteiger partial charge in [0.25, 0.3) is 0 Å². The van der Waals surface area contributed by atoms with Crippen LogP contribution in [0.2, 0.25) is 0 Å². The zero-order valence-corrected chi connectivity index (χ0v) is 12.5. The highest BCUT2D eigenvalue weighted by Crippen LogP contribution is 2.26. The average molecular weight is 275 g/mol. The summed E-state index contributed by atoms with van der Waals surface area (Å²) in [5.41, 5.74) is 9.48. The topological polar surface area (TPSA) is 58.4 Å². The molecule has 1 aromatic carbocycles. The molecule has 0 unspecified atom stereocenters. The van der Waals surface area contributed by atoms with Crippen LogP contribution in [0.1, 0.15) is 30.9 Å². The number of amides is 1. The lowest BCUT2D eigenvalue weighted by atomic mass is 9.95. The van der Waals surface area contributed by atoms with Gasteiger partial charge in [-0.15, -0.1) is 0 Å². The minimum atomic E-state index is 0.0700. The standard InChI is InChI=1S/C16H25N3O/c1-12-9-15(10-17)3-4-16(12)19-7-5-14(6-8-19)11-18-13(2)20/h3-4,9,14H,5-8,10-11,17H2,1-2H3,(H,18,20). The Morgan fingerprint density at radius 1 is 1.40 bits per heavy atom. The molecule has 0 radical (unpaired) electrons. The molecule has 1 aliphatic rings. The van der Waals surface area contributed by atoms with Crippen molar-refractivity contribution in [2.45, 2.75) is 33.2 Å². The largest absolute Gasteiger partial charge is 0.371 e. The third kappa shape index (κ3) is 3.73. The van der Waals surface area contributed by atoms with Crippen LogP contribution in [-0.4, -0.2) is 25.5 Å². The Kier molecular flexibility index (Phi) is 5.01. The summed E-state index contributed by atoms with van der Waals surface area (Å²) in [5.74, 6) is 0.680. The maximum Gasteiger partial charge on any atom is 0.216 e. The lowest BCUT2D eigenvalue weighted by Gasteiger charge is -2.34. The monoisotopic (exact) mass is 275 g/mol. The summed E-state index contributed by atoms with van der Waals surface area (Å²) < 4.78 is 0. The number of benzene rings is 1. The van der Waals surface area contributed by atoms with Crippen molar-refractivity contribution in [3.63, 3.8) is 0 Å². The number of hydrogen-bond acceptors (Lipinski definition) is 3. The maximum atomic E-state index is 10.9. The molecule has 3 N–H and O–H groups in total. The van der Waals surface area contributed by atoms with Crippen molar-refractivity contribution in [3.8, 4) is 0 Å². The normalized spacial score (nSPS) is 16.2. The highest BCUT2D eigenvalue weighted by molar-refractivity contribution is 5.72. The first-order valence-corrected chi connectivity index (χ1v) is 7.39. The van der Waals surface area contributed by atoms with Crippen LogP contribution in [0.3, 0.4) is 0 Å². The predicted molar refractivity (Wildman–Crippen MR) is 82.7 cm³/mol. The molecule has 0 bridgehead atoms. The van der Waals surface area contributed by atoms with Gasteiger partial charge in [0.15, 0.2) is 0 Å². The summed E-state index contributed by atoms with van der Waals surface area (Å²) in [6, 6.07) is 6.48. The van der Waals surface area contributed by atoms with Crippen molar-refractivity contribution in [1.29, 1.82) is 0 Å². The van der Waals surface area contributed by atoms with Crippen molar-refractivity contribution in [3.05, 3.63) is 29.3 Å². The van der Waals surface area contributed by atoms with Crippen LogP contribution in [0.15, 0.2) is 18.2 Å². The van der Waals surface area contributed by atoms with E-state index in [0.717, 1.165) is 32.5 Å². The number of nitrogens with one attached hydrogen (secondary N) is 1. The van der Waals surface area contributed by atoms with E-state index >= 15 is 0 Å². The number of hydrogen-bond donors (Lipinski definition) is 2. The van der Waals surface area contributed by atoms with Crippen LogP contribution in [0, 0.1) is 12.8 Å². The van der Waals surface area contributed by atoms with Crippen LogP contribution >= 0.6 is 0 Å². The van der Waals surface area contributed by atoms with Gasteiger partial charge >= 0.3 is 0 Å². The molecule has 1 amide bonds. The van der Waals surface area contributed by atoms with Crippen molar-refractivity contribution in [2.75, 3.05) is 24.5 Å². The van der Waals surface area contributed by atoms with E-state index in [9.17, 15) is 4.79 Å². The third-order valence-corrected chi connectivity index (χ3v) is 4.09. The van der Waals surface area contributed by atoms with Gasteiger partial charge in [-0.2, -0.15) is 0 Å². The Labute approximate surface area is 121 Å². The second-order valence-corrected chi connectivity index (χ2v) is 5.69. The summed E-state index contributed by atoms with van der Waals surface area (Å²) in [6.45, 7) is 7.27. The molecule has 20 heavy (non-hydrogen) atoms. The van der Waals surface area contributed by atoms with Crippen molar-refractivity contribution in [2.24, 2.45) is 11.7 Å². The fourth-order valence-corrected chi connectivity index (χ4v) is 2.87. The number of carbonyl (C=O) groups is 1. The molecule has 0 aromatic heterocycles. The SMILES string of the molecule is CC(=O)NCC1CCN(c2ccc(CN)cc2C)CC1. The van der Waals surface area contributed by atoms with E-state index in [1.807, 2.05) is 0 Å². The summed E-state index contributed by atoms with van der Waals surface area (Å²) >= 11 is 0. The van der Waals surface area contributed by atoms with Gasteiger partial charge in [0.1, 0.15) is 0 Å². The van der Waals surface area contributed by atoms with Gasteiger partial charge in [0.2, 0.25) is 5.91 Å². The van der Waals surface area contributed by atoms with E-state index in [4.69, 9.17) is 5.73 Å². The van der Waals surface area contributed by atoms with Gasteiger partial charge in [-0.25, -0.2) is 0 Å². The number of rotatable bonds is 4. The fourth-order valence-electron chi connectivity index (χ4n) is 2.87. The lowest BCUT2D eigenvalue weighted by molar-refractivity contribution is -0.119. The van der Waals surface area contributed by atoms with E-state index in [1.54, 1.807) is 6.92 Å². The van der Waals surface area contributed by atoms with Crippen molar-refractivity contribution in [1.82, 2.24) is 5.32 Å². The van der Waals surface area contributed by atoms with Gasteiger partial charge < -0.3 is 16.0 Å². The highest BCUT2D eigenvalue weighted by Gasteiger charge is 2.20. The Morgan fingerprint density at radius 2 is 2.10 bits per heavy atom. The molecule has 4 heteroatoms. The average Bonchev–Trinajstić information content (AvgIpc) is 2.45. The highest BCUT2D eigenvalue weighted by atomic mass is 16.1. The number of aryl methyl sites for hydroxylation is 1. The molecule has 4 nitrogen and oxygen atoms in total. The molecule has 0 saturated carbocycles. The maximum absolute atomic E-state index is 10.9. The van der Waals surface area contributed by atoms with Gasteiger partial charge in [0.05, 0.1) is 0 Å². The van der Waals surface area contributed by atoms with Gasteiger partial charge in [0, 0.05) is 38.8 Å². The summed E-state index contributed by atoms with van der Waals surface area (Å²) in [4.78, 5) is 13.4. The smallest absolute Gasteiger partial charge is 0.216 e. The number of carbonyl (C=O) groups excluding carboxylic acids is 1. The molecule has 1 aromatic rings. The molecule has 0 aliphatic carbocycles. The first-order chi connectivity index (χ1) is 9.60. The summed E-state index contributed by atoms with van der Waals surface area (Å²) in [7, 11) is 0. The summed E-state index contributed by atoms with van der Waals surface area (Å²) in [6.07, 6.45) is 2.27. The quantitative estimate of drug-likeness (QED) is 0.881. The first-order valence-electron chi connectivity index (χ1n) is 7.39. The van der Waals surface area contributed by atoms with Crippen LogP contribution in [-0.2, 0) is 11.3 Å². The first kappa shape index (κ1) is 14.9. The fraction of sp³-hybridized carbons (Fsp3) is 0.562. The minimum Gasteiger partial charge on any atom is -0.371 e. The summed E-state index contributed by atoms with van der Waals surface area (Å²) in [5, 5.41) is 2.92. The van der Waals surface area contributed by atoms with Gasteiger partial charge in [-0.05, 0) is 42.9 Å². The predicted octanol–water partition coefficient (Wildman–Crippen LogP) is 1.81. The van der Waals surface area contributed by atoms with Crippen molar-refractivity contribution >= 4 is 11.6 Å². The molecule has 0 atom stereocenters. The van der Waals surface area contributed by atoms with Crippen LogP contribution < -0.4 is 16.0 Å². The Morgan fingerprint density at radius 3 is 2.65 bits per heavy atom. The van der Waals surface area contributed by atoms with Crippen molar-refractivity contribution < 1.29 is 4.79 Å². The van der Waals surface area contributed by atoms with E-state index in [1.165, 1.54) is 16.8 Å². The molecular formula is C16H25N3O. The van der Waals surface area contributed by atoms with Gasteiger partial charge in [-0.3, -0.25) is 4.79 Å². The zero-order chi connectivity index (χ0) is 14.5. The third-order valence-electron chi connectivity index (χ3n) is 4.09. The van der Waals surface area contributed by atoms with E-state index < -0.39 is 0 Å². The Bertz CT molecular complexity index is 465. The van der Waals surface area contributed by atoms with E-state index in [-0.39, 0.29) is 5.91 Å². The molecule has 1 fully saturated rings. The lowest BCUT2D eigenvalue weighted by Crippen LogP contribution is -2.38. The second kappa shape index (κ2) is 6.75. The molecule has 1 aliphatic heterocycles.